The number of hydrogen-bond donors (Lipinski definition) is 0. The van der Waals surface area contributed by atoms with Crippen molar-refractivity contribution in [3.63, 3.8) is 0 Å². The molecule has 1 fully saturated rings. The zero-order valence-electron chi connectivity index (χ0n) is 13.4. The lowest BCUT2D eigenvalue weighted by atomic mass is 10.1. The van der Waals surface area contributed by atoms with Gasteiger partial charge in [-0.15, -0.1) is 0 Å². The van der Waals surface area contributed by atoms with Gasteiger partial charge in [0.05, 0.1) is 6.61 Å². The van der Waals surface area contributed by atoms with Gasteiger partial charge in [0, 0.05) is 18.1 Å². The first kappa shape index (κ1) is 17.0. The fraction of sp³-hybridized carbons (Fsp3) is 0.750. The van der Waals surface area contributed by atoms with E-state index in [-0.39, 0.29) is 12.6 Å². The molecular weight excluding hydrogens is 288 g/mol. The first-order valence-corrected chi connectivity index (χ1v) is 7.80. The summed E-state index contributed by atoms with van der Waals surface area (Å²) in [5.41, 5.74) is 0.625. The summed E-state index contributed by atoms with van der Waals surface area (Å²) >= 11 is 0. The van der Waals surface area contributed by atoms with E-state index in [1.165, 1.54) is 6.08 Å². The van der Waals surface area contributed by atoms with Crippen LogP contribution in [0.15, 0.2) is 11.6 Å². The number of unbranched alkanes of at least 4 members (excludes halogenated alkanes) is 2. The Morgan fingerprint density at radius 3 is 2.77 bits per heavy atom. The Morgan fingerprint density at radius 2 is 2.23 bits per heavy atom. The third kappa shape index (κ3) is 4.55. The van der Waals surface area contributed by atoms with Gasteiger partial charge >= 0.3 is 11.9 Å². The van der Waals surface area contributed by atoms with Crippen molar-refractivity contribution in [3.8, 4) is 0 Å². The molecule has 0 aromatic carbocycles. The van der Waals surface area contributed by atoms with Gasteiger partial charge in [0.15, 0.2) is 11.9 Å². The minimum atomic E-state index is -0.721. The van der Waals surface area contributed by atoms with Gasteiger partial charge < -0.3 is 18.9 Å². The standard InChI is InChI=1S/C16H24O6/c1-4-5-6-7-13(17)21-15(11-8-14(18)19-9-11)12-10-20-16(2,3)22-12/h8,12,15H,4-7,9-10H2,1-3H3/t12-,15+/m1/s1. The molecule has 6 nitrogen and oxygen atoms in total. The number of esters is 2. The molecule has 0 N–H and O–H groups in total. The minimum absolute atomic E-state index is 0.131. The lowest BCUT2D eigenvalue weighted by Crippen LogP contribution is -2.36. The Labute approximate surface area is 130 Å². The fourth-order valence-corrected chi connectivity index (χ4v) is 2.53. The summed E-state index contributed by atoms with van der Waals surface area (Å²) in [5, 5.41) is 0. The van der Waals surface area contributed by atoms with Crippen LogP contribution in [-0.4, -0.2) is 43.1 Å². The third-order valence-electron chi connectivity index (χ3n) is 3.66. The lowest BCUT2D eigenvalue weighted by molar-refractivity contribution is -0.167. The summed E-state index contributed by atoms with van der Waals surface area (Å²) in [6.07, 6.45) is 3.50. The predicted molar refractivity (Wildman–Crippen MR) is 78.0 cm³/mol. The first-order chi connectivity index (χ1) is 10.4. The number of rotatable bonds is 7. The molecule has 22 heavy (non-hydrogen) atoms. The molecule has 2 heterocycles. The SMILES string of the molecule is CCCCCC(=O)O[C@@H](C1=CC(=O)OC1)[C@H]1COC(C)(C)O1. The van der Waals surface area contributed by atoms with Gasteiger partial charge in [-0.05, 0) is 20.3 Å². The molecule has 0 unspecified atom stereocenters. The summed E-state index contributed by atoms with van der Waals surface area (Å²) in [6.45, 7) is 6.12. The molecule has 0 spiro atoms. The van der Waals surface area contributed by atoms with Crippen LogP contribution in [0.4, 0.5) is 0 Å². The molecule has 2 atom stereocenters. The van der Waals surface area contributed by atoms with E-state index in [4.69, 9.17) is 18.9 Å². The second-order valence-corrected chi connectivity index (χ2v) is 6.06. The maximum atomic E-state index is 12.0. The molecule has 1 saturated heterocycles. The Bertz CT molecular complexity index is 454. The van der Waals surface area contributed by atoms with Crippen LogP contribution < -0.4 is 0 Å². The average Bonchev–Trinajstić information content (AvgIpc) is 3.02. The molecule has 0 bridgehead atoms. The van der Waals surface area contributed by atoms with Gasteiger partial charge in [-0.1, -0.05) is 19.8 Å². The van der Waals surface area contributed by atoms with Gasteiger partial charge in [-0.25, -0.2) is 4.79 Å². The quantitative estimate of drug-likeness (QED) is 0.530. The zero-order valence-corrected chi connectivity index (χ0v) is 13.4. The highest BCUT2D eigenvalue weighted by Crippen LogP contribution is 2.29. The van der Waals surface area contributed by atoms with Crippen LogP contribution in [0, 0.1) is 0 Å². The fourth-order valence-electron chi connectivity index (χ4n) is 2.53. The van der Waals surface area contributed by atoms with Crippen molar-refractivity contribution in [1.82, 2.24) is 0 Å². The Morgan fingerprint density at radius 1 is 1.45 bits per heavy atom. The highest BCUT2D eigenvalue weighted by atomic mass is 16.8. The number of cyclic esters (lactones) is 1. The monoisotopic (exact) mass is 312 g/mol. The number of ether oxygens (including phenoxy) is 4. The van der Waals surface area contributed by atoms with Crippen molar-refractivity contribution in [3.05, 3.63) is 11.6 Å². The second kappa shape index (κ2) is 7.24. The van der Waals surface area contributed by atoms with Crippen molar-refractivity contribution < 1.29 is 28.5 Å². The van der Waals surface area contributed by atoms with Gasteiger partial charge in [0.1, 0.15) is 12.7 Å². The predicted octanol–water partition coefficient (Wildman–Crippen LogP) is 2.11. The Balaban J connectivity index is 2.01. The molecule has 2 aliphatic rings. The van der Waals surface area contributed by atoms with Crippen molar-refractivity contribution in [1.29, 1.82) is 0 Å². The normalized spacial score (nSPS) is 24.8. The van der Waals surface area contributed by atoms with Crippen LogP contribution in [0.5, 0.6) is 0 Å². The highest BCUT2D eigenvalue weighted by Gasteiger charge is 2.42. The van der Waals surface area contributed by atoms with Gasteiger partial charge in [0.2, 0.25) is 0 Å². The molecule has 2 aliphatic heterocycles. The van der Waals surface area contributed by atoms with E-state index in [0.29, 0.717) is 18.6 Å². The zero-order chi connectivity index (χ0) is 16.2. The molecule has 0 aromatic heterocycles. The van der Waals surface area contributed by atoms with E-state index < -0.39 is 24.0 Å². The largest absolute Gasteiger partial charge is 0.458 e. The molecule has 0 radical (unpaired) electrons. The molecule has 0 aliphatic carbocycles. The van der Waals surface area contributed by atoms with E-state index in [1.807, 2.05) is 0 Å². The van der Waals surface area contributed by atoms with E-state index in [0.717, 1.165) is 19.3 Å². The molecule has 124 valence electrons. The molecule has 0 amide bonds. The number of carbonyl (C=O) groups excluding carboxylic acids is 2. The van der Waals surface area contributed by atoms with Gasteiger partial charge in [0.25, 0.3) is 0 Å². The summed E-state index contributed by atoms with van der Waals surface area (Å²) in [7, 11) is 0. The van der Waals surface area contributed by atoms with Gasteiger partial charge in [-0.3, -0.25) is 4.79 Å². The Hall–Kier alpha value is -1.40. The molecule has 6 heteroatoms. The van der Waals surface area contributed by atoms with Crippen LogP contribution in [0.2, 0.25) is 0 Å². The van der Waals surface area contributed by atoms with Crippen molar-refractivity contribution in [2.24, 2.45) is 0 Å². The van der Waals surface area contributed by atoms with E-state index >= 15 is 0 Å². The van der Waals surface area contributed by atoms with Crippen LogP contribution in [0.3, 0.4) is 0 Å². The second-order valence-electron chi connectivity index (χ2n) is 6.06. The number of hydrogen-bond acceptors (Lipinski definition) is 6. The molecular formula is C16H24O6. The maximum Gasteiger partial charge on any atom is 0.331 e. The van der Waals surface area contributed by atoms with Crippen molar-refractivity contribution in [2.45, 2.75) is 64.4 Å². The maximum absolute atomic E-state index is 12.0. The van der Waals surface area contributed by atoms with Crippen molar-refractivity contribution >= 4 is 11.9 Å². The summed E-state index contributed by atoms with van der Waals surface area (Å²) in [5.74, 6) is -1.42. The summed E-state index contributed by atoms with van der Waals surface area (Å²) in [6, 6.07) is 0. The van der Waals surface area contributed by atoms with Crippen LogP contribution in [0.1, 0.15) is 46.5 Å². The highest BCUT2D eigenvalue weighted by molar-refractivity contribution is 5.85. The van der Waals surface area contributed by atoms with E-state index in [2.05, 4.69) is 6.92 Å². The van der Waals surface area contributed by atoms with Crippen molar-refractivity contribution in [2.75, 3.05) is 13.2 Å². The van der Waals surface area contributed by atoms with Gasteiger partial charge in [-0.2, -0.15) is 0 Å². The smallest absolute Gasteiger partial charge is 0.331 e. The molecule has 0 aromatic rings. The van der Waals surface area contributed by atoms with E-state index in [1.54, 1.807) is 13.8 Å². The first-order valence-electron chi connectivity index (χ1n) is 7.80. The van der Waals surface area contributed by atoms with Crippen LogP contribution in [-0.2, 0) is 28.5 Å². The Kier molecular flexibility index (Phi) is 5.58. The lowest BCUT2D eigenvalue weighted by Gasteiger charge is -2.24. The minimum Gasteiger partial charge on any atom is -0.458 e. The summed E-state index contributed by atoms with van der Waals surface area (Å²) in [4.78, 5) is 23.3. The number of carbonyl (C=O) groups is 2. The third-order valence-corrected chi connectivity index (χ3v) is 3.66. The summed E-state index contributed by atoms with van der Waals surface area (Å²) < 4.78 is 21.8. The van der Waals surface area contributed by atoms with Crippen LogP contribution >= 0.6 is 0 Å². The van der Waals surface area contributed by atoms with Crippen LogP contribution in [0.25, 0.3) is 0 Å². The molecule has 2 rings (SSSR count). The average molecular weight is 312 g/mol. The topological polar surface area (TPSA) is 71.1 Å². The van der Waals surface area contributed by atoms with E-state index in [9.17, 15) is 9.59 Å². The molecule has 0 saturated carbocycles.